The second kappa shape index (κ2) is 8.44. The van der Waals surface area contributed by atoms with Crippen molar-refractivity contribution >= 4 is 69.5 Å². The average molecular weight is 230 g/mol. The fourth-order valence-corrected chi connectivity index (χ4v) is 1.13. The van der Waals surface area contributed by atoms with Gasteiger partial charge in [0.1, 0.15) is 0 Å². The second-order valence-electron chi connectivity index (χ2n) is 2.69. The van der Waals surface area contributed by atoms with E-state index in [0.29, 0.717) is 0 Å². The van der Waals surface area contributed by atoms with Gasteiger partial charge in [0.05, 0.1) is 0 Å². The Hall–Kier alpha value is 0.281. The summed E-state index contributed by atoms with van der Waals surface area (Å²) in [6.07, 6.45) is 0. The Morgan fingerprint density at radius 2 is 0.867 bits per heavy atom. The largest absolute Gasteiger partial charge is 0.0616 e. The Balaban J connectivity index is 0.000000346. The minimum atomic E-state index is -2.17. The van der Waals surface area contributed by atoms with Crippen LogP contribution in [0.5, 0.6) is 0 Å². The quantitative estimate of drug-likeness (QED) is 0.564. The molecule has 2 aromatic carbocycles. The van der Waals surface area contributed by atoms with Crippen molar-refractivity contribution in [2.75, 3.05) is 0 Å². The van der Waals surface area contributed by atoms with E-state index in [1.165, 1.54) is 10.8 Å². The van der Waals surface area contributed by atoms with Gasteiger partial charge in [-0.25, -0.2) is 0 Å². The van der Waals surface area contributed by atoms with Crippen molar-refractivity contribution < 1.29 is 15.1 Å². The third-order valence-electron chi connectivity index (χ3n) is 1.66. The van der Waals surface area contributed by atoms with Crippen molar-refractivity contribution in [1.29, 1.82) is 0 Å². The molecule has 0 aliphatic heterocycles. The molecule has 0 bridgehead atoms. The summed E-state index contributed by atoms with van der Waals surface area (Å²) in [5.74, 6) is 0. The van der Waals surface area contributed by atoms with Gasteiger partial charge < -0.3 is 15.1 Å². The first-order valence-corrected chi connectivity index (χ1v) is 4.18. The van der Waals surface area contributed by atoms with Gasteiger partial charge in [-0.05, 0) is 10.8 Å². The fraction of sp³-hybridized carbons (Fsp3) is 0. The van der Waals surface area contributed by atoms with Crippen LogP contribution in [0.25, 0.3) is 10.8 Å². The van der Waals surface area contributed by atoms with E-state index in [1.54, 1.807) is 0 Å². The minimum absolute atomic E-state index is 0. The normalized spacial score (nSPS) is 8.47. The van der Waals surface area contributed by atoms with Crippen molar-refractivity contribution in [3.8, 4) is 0 Å². The molecule has 5 heteroatoms. The summed E-state index contributed by atoms with van der Waals surface area (Å²) in [5, 5.41) is 24.1. The number of hydrogen-bond donors (Lipinski definition) is 3. The van der Waals surface area contributed by atoms with Crippen molar-refractivity contribution in [1.82, 2.24) is 0 Å². The van der Waals surface area contributed by atoms with E-state index >= 15 is 0 Å². The molecule has 15 heavy (non-hydrogen) atoms. The first-order valence-electron chi connectivity index (χ1n) is 4.18. The van der Waals surface area contributed by atoms with Crippen LogP contribution in [0.1, 0.15) is 0 Å². The summed E-state index contributed by atoms with van der Waals surface area (Å²) in [4.78, 5) is 0. The Bertz CT molecular complexity index is 327. The van der Waals surface area contributed by atoms with Gasteiger partial charge in [-0.2, -0.15) is 0 Å². The maximum Gasteiger partial charge on any atom is -0.0184 e. The summed E-state index contributed by atoms with van der Waals surface area (Å²) >= 11 is 0. The molecule has 0 radical (unpaired) electrons. The van der Waals surface area contributed by atoms with Gasteiger partial charge in [0.25, 0.3) is 0 Å². The van der Waals surface area contributed by atoms with Crippen LogP contribution in [-0.4, -0.2) is 73.8 Å². The predicted molar refractivity (Wildman–Crippen MR) is 63.5 cm³/mol. The van der Waals surface area contributed by atoms with E-state index < -0.39 is 7.32 Å². The number of rotatable bonds is 0. The second-order valence-corrected chi connectivity index (χ2v) is 2.69. The molecule has 0 unspecified atom stereocenters. The van der Waals surface area contributed by atoms with Crippen LogP contribution in [0.2, 0.25) is 0 Å². The molecule has 0 aromatic heterocycles. The monoisotopic (exact) mass is 230 g/mol. The molecule has 0 saturated carbocycles. The summed E-state index contributed by atoms with van der Waals surface area (Å²) in [6.45, 7) is 0. The van der Waals surface area contributed by atoms with E-state index in [-0.39, 0.29) is 51.4 Å². The number of hydrogen-bond acceptors (Lipinski definition) is 3. The Kier molecular flexibility index (Phi) is 8.59. The number of benzene rings is 2. The first-order chi connectivity index (χ1) is 6.70. The van der Waals surface area contributed by atoms with Gasteiger partial charge >= 0.3 is 58.7 Å². The van der Waals surface area contributed by atoms with Gasteiger partial charge in [0.2, 0.25) is 0 Å². The van der Waals surface area contributed by atoms with Crippen molar-refractivity contribution in [3.63, 3.8) is 0 Å². The maximum absolute atomic E-state index is 7.17. The third kappa shape index (κ3) is 6.45. The predicted octanol–water partition coefficient (Wildman–Crippen LogP) is 0.139. The standard InChI is InChI=1S/C10H8.BH3O3.K.H/c1-2-6-10-8-4-3-7-9(10)5-1;2-1(3)4;;/h1-8H;2-4H;;. The van der Waals surface area contributed by atoms with Crippen LogP contribution in [-0.2, 0) is 0 Å². The molecular weight excluding hydrogens is 218 g/mol. The molecule has 3 nitrogen and oxygen atoms in total. The van der Waals surface area contributed by atoms with Crippen LogP contribution in [0.3, 0.4) is 0 Å². The molecule has 0 spiro atoms. The van der Waals surface area contributed by atoms with E-state index in [4.69, 9.17) is 15.1 Å². The van der Waals surface area contributed by atoms with Crippen LogP contribution in [0.4, 0.5) is 0 Å². The molecule has 0 fully saturated rings. The van der Waals surface area contributed by atoms with Gasteiger partial charge in [-0.1, -0.05) is 48.5 Å². The SMILES string of the molecule is OB(O)O.[KH].c1ccc2ccccc2c1. The summed E-state index contributed by atoms with van der Waals surface area (Å²) in [6, 6.07) is 16.7. The van der Waals surface area contributed by atoms with Gasteiger partial charge in [0.15, 0.2) is 0 Å². The van der Waals surface area contributed by atoms with E-state index in [9.17, 15) is 0 Å². The molecule has 0 atom stereocenters. The third-order valence-corrected chi connectivity index (χ3v) is 1.66. The molecule has 0 aliphatic carbocycles. The van der Waals surface area contributed by atoms with Crippen molar-refractivity contribution in [2.45, 2.75) is 0 Å². The Labute approximate surface area is 131 Å². The molecule has 2 aromatic rings. The topological polar surface area (TPSA) is 60.7 Å². The smallest absolute Gasteiger partial charge is 0.0184 e. The molecule has 3 N–H and O–H groups in total. The Morgan fingerprint density at radius 3 is 1.07 bits per heavy atom. The van der Waals surface area contributed by atoms with E-state index in [2.05, 4.69) is 48.5 Å². The zero-order valence-electron chi connectivity index (χ0n) is 7.54. The van der Waals surface area contributed by atoms with E-state index in [1.807, 2.05) is 0 Å². The zero-order chi connectivity index (χ0) is 10.4. The Morgan fingerprint density at radius 1 is 0.667 bits per heavy atom. The molecule has 0 aliphatic rings. The summed E-state index contributed by atoms with van der Waals surface area (Å²) in [5.41, 5.74) is 0. The van der Waals surface area contributed by atoms with Crippen molar-refractivity contribution in [2.24, 2.45) is 0 Å². The van der Waals surface area contributed by atoms with Gasteiger partial charge in [-0.3, -0.25) is 0 Å². The number of fused-ring (bicyclic) bond motifs is 1. The average Bonchev–Trinajstić information content (AvgIpc) is 2.17. The summed E-state index contributed by atoms with van der Waals surface area (Å²) < 4.78 is 0. The molecule has 0 saturated heterocycles. The first kappa shape index (κ1) is 15.3. The molecular formula is C10H12BKO3. The van der Waals surface area contributed by atoms with Crippen molar-refractivity contribution in [3.05, 3.63) is 48.5 Å². The van der Waals surface area contributed by atoms with E-state index in [0.717, 1.165) is 0 Å². The van der Waals surface area contributed by atoms with Crippen LogP contribution >= 0.6 is 0 Å². The minimum Gasteiger partial charge on any atom is -0.0616 e. The van der Waals surface area contributed by atoms with Gasteiger partial charge in [0, 0.05) is 0 Å². The fourth-order valence-electron chi connectivity index (χ4n) is 1.13. The summed E-state index contributed by atoms with van der Waals surface area (Å²) in [7, 11) is -2.17. The molecule has 2 rings (SSSR count). The van der Waals surface area contributed by atoms with Crippen LogP contribution in [0, 0.1) is 0 Å². The molecule has 74 valence electrons. The zero-order valence-corrected chi connectivity index (χ0v) is 7.54. The van der Waals surface area contributed by atoms with Crippen LogP contribution in [0.15, 0.2) is 48.5 Å². The molecule has 0 amide bonds. The maximum atomic E-state index is 7.17. The van der Waals surface area contributed by atoms with Gasteiger partial charge in [-0.15, -0.1) is 0 Å². The van der Waals surface area contributed by atoms with Crippen LogP contribution < -0.4 is 0 Å². The molecule has 0 heterocycles.